The number of hydrogen-bond donors (Lipinski definition) is 1. The van der Waals surface area contributed by atoms with Crippen LogP contribution in [0.15, 0.2) is 77.7 Å². The first-order valence-electron chi connectivity index (χ1n) is 13.6. The Labute approximate surface area is 248 Å². The lowest BCUT2D eigenvalue weighted by Gasteiger charge is -2.33. The van der Waals surface area contributed by atoms with Gasteiger partial charge >= 0.3 is 0 Å². The van der Waals surface area contributed by atoms with Crippen molar-refractivity contribution in [3.63, 3.8) is 0 Å². The van der Waals surface area contributed by atoms with E-state index >= 15 is 0 Å². The lowest BCUT2D eigenvalue weighted by molar-refractivity contribution is -0.140. The molecule has 8 nitrogen and oxygen atoms in total. The summed E-state index contributed by atoms with van der Waals surface area (Å²) in [5.41, 5.74) is 2.04. The Morgan fingerprint density at radius 1 is 0.927 bits per heavy atom. The topological polar surface area (TPSA) is 96.0 Å². The van der Waals surface area contributed by atoms with E-state index in [0.717, 1.165) is 21.9 Å². The van der Waals surface area contributed by atoms with Gasteiger partial charge in [-0.25, -0.2) is 8.42 Å². The molecule has 2 amide bonds. The zero-order valence-electron chi connectivity index (χ0n) is 24.1. The molecule has 220 valence electrons. The maximum absolute atomic E-state index is 14.1. The number of nitrogens with zero attached hydrogens (tertiary/aromatic N) is 2. The molecule has 3 aromatic rings. The molecule has 0 aliphatic rings. The van der Waals surface area contributed by atoms with Gasteiger partial charge in [-0.3, -0.25) is 13.9 Å². The molecule has 0 aliphatic heterocycles. The molecular formula is C31H38ClN3O5S. The van der Waals surface area contributed by atoms with Gasteiger partial charge in [-0.05, 0) is 80.8 Å². The maximum Gasteiger partial charge on any atom is 0.264 e. The van der Waals surface area contributed by atoms with Crippen LogP contribution >= 0.6 is 11.6 Å². The number of methoxy groups -OCH3 is 1. The van der Waals surface area contributed by atoms with E-state index in [1.54, 1.807) is 60.7 Å². The smallest absolute Gasteiger partial charge is 0.264 e. The molecule has 0 saturated heterocycles. The summed E-state index contributed by atoms with van der Waals surface area (Å²) in [5, 5.41) is 3.52. The second-order valence-corrected chi connectivity index (χ2v) is 12.2. The summed E-state index contributed by atoms with van der Waals surface area (Å²) in [6, 6.07) is 19.0. The molecule has 0 saturated carbocycles. The maximum atomic E-state index is 14.1. The number of sulfonamides is 1. The van der Waals surface area contributed by atoms with Gasteiger partial charge in [0.2, 0.25) is 11.8 Å². The number of anilines is 1. The Kier molecular flexibility index (Phi) is 11.2. The molecule has 0 fully saturated rings. The zero-order valence-corrected chi connectivity index (χ0v) is 25.7. The van der Waals surface area contributed by atoms with Crippen molar-refractivity contribution in [3.8, 4) is 5.75 Å². The summed E-state index contributed by atoms with van der Waals surface area (Å²) >= 11 is 6.07. The number of benzene rings is 3. The lowest BCUT2D eigenvalue weighted by atomic mass is 10.1. The number of carbonyl (C=O) groups excluding carboxylic acids is 2. The zero-order chi connectivity index (χ0) is 30.2. The van der Waals surface area contributed by atoms with E-state index in [1.807, 2.05) is 27.7 Å². The molecule has 0 spiro atoms. The summed E-state index contributed by atoms with van der Waals surface area (Å²) in [7, 11) is -2.66. The van der Waals surface area contributed by atoms with E-state index in [-0.39, 0.29) is 23.4 Å². The molecule has 3 rings (SSSR count). The van der Waals surface area contributed by atoms with Crippen LogP contribution in [0.3, 0.4) is 0 Å². The number of ether oxygens (including phenoxy) is 1. The predicted molar refractivity (Wildman–Crippen MR) is 163 cm³/mol. The van der Waals surface area contributed by atoms with Crippen LogP contribution < -0.4 is 14.4 Å². The lowest BCUT2D eigenvalue weighted by Crippen LogP contribution is -2.53. The average molecular weight is 600 g/mol. The van der Waals surface area contributed by atoms with E-state index < -0.39 is 28.5 Å². The van der Waals surface area contributed by atoms with Crippen LogP contribution in [-0.4, -0.2) is 50.9 Å². The highest BCUT2D eigenvalue weighted by molar-refractivity contribution is 7.92. The minimum Gasteiger partial charge on any atom is -0.497 e. The summed E-state index contributed by atoms with van der Waals surface area (Å²) in [6.07, 6.45) is 1.08. The van der Waals surface area contributed by atoms with Crippen molar-refractivity contribution in [1.82, 2.24) is 10.2 Å². The molecule has 3 aromatic carbocycles. The highest BCUT2D eigenvalue weighted by atomic mass is 35.5. The molecule has 0 heterocycles. The van der Waals surface area contributed by atoms with Gasteiger partial charge in [0.1, 0.15) is 18.3 Å². The fourth-order valence-corrected chi connectivity index (χ4v) is 5.80. The molecule has 10 heteroatoms. The van der Waals surface area contributed by atoms with Gasteiger partial charge in [-0.2, -0.15) is 0 Å². The Hall–Kier alpha value is -3.56. The van der Waals surface area contributed by atoms with E-state index in [1.165, 1.54) is 24.1 Å². The van der Waals surface area contributed by atoms with Gasteiger partial charge in [0.15, 0.2) is 0 Å². The third kappa shape index (κ3) is 8.24. The van der Waals surface area contributed by atoms with Crippen molar-refractivity contribution >= 4 is 39.1 Å². The van der Waals surface area contributed by atoms with Gasteiger partial charge in [-0.15, -0.1) is 0 Å². The van der Waals surface area contributed by atoms with E-state index in [0.29, 0.717) is 22.9 Å². The van der Waals surface area contributed by atoms with Crippen molar-refractivity contribution in [1.29, 1.82) is 0 Å². The summed E-state index contributed by atoms with van der Waals surface area (Å²) < 4.78 is 34.2. The van der Waals surface area contributed by atoms with Crippen molar-refractivity contribution in [2.75, 3.05) is 18.0 Å². The monoisotopic (exact) mass is 599 g/mol. The third-order valence-electron chi connectivity index (χ3n) is 6.90. The Bertz CT molecular complexity index is 1410. The molecule has 2 atom stereocenters. The van der Waals surface area contributed by atoms with Crippen LogP contribution in [-0.2, 0) is 26.2 Å². The Morgan fingerprint density at radius 3 is 2.07 bits per heavy atom. The highest BCUT2D eigenvalue weighted by Crippen LogP contribution is 2.26. The number of nitrogens with one attached hydrogen (secondary N) is 1. The molecule has 0 aliphatic carbocycles. The third-order valence-corrected chi connectivity index (χ3v) is 8.94. The normalized spacial score (nSPS) is 12.7. The molecule has 0 radical (unpaired) electrons. The van der Waals surface area contributed by atoms with Gasteiger partial charge < -0.3 is 15.0 Å². The van der Waals surface area contributed by atoms with Gasteiger partial charge in [-0.1, -0.05) is 55.3 Å². The number of aryl methyl sites for hydroxylation is 1. The Balaban J connectivity index is 2.05. The molecule has 0 aromatic heterocycles. The van der Waals surface area contributed by atoms with Gasteiger partial charge in [0.25, 0.3) is 10.0 Å². The minimum atomic E-state index is -4.16. The average Bonchev–Trinajstić information content (AvgIpc) is 2.97. The molecule has 0 unspecified atom stereocenters. The second kappa shape index (κ2) is 14.4. The second-order valence-electron chi connectivity index (χ2n) is 9.91. The van der Waals surface area contributed by atoms with E-state index in [4.69, 9.17) is 16.3 Å². The van der Waals surface area contributed by atoms with Crippen LogP contribution in [0.5, 0.6) is 5.75 Å². The molecular weight excluding hydrogens is 562 g/mol. The summed E-state index contributed by atoms with van der Waals surface area (Å²) in [4.78, 5) is 28.9. The first-order valence-corrected chi connectivity index (χ1v) is 15.4. The van der Waals surface area contributed by atoms with E-state index in [2.05, 4.69) is 5.32 Å². The first-order chi connectivity index (χ1) is 19.5. The van der Waals surface area contributed by atoms with Crippen molar-refractivity contribution < 1.29 is 22.7 Å². The van der Waals surface area contributed by atoms with E-state index in [9.17, 15) is 18.0 Å². The molecule has 1 N–H and O–H groups in total. The number of halogens is 1. The fourth-order valence-electron chi connectivity index (χ4n) is 4.26. The minimum absolute atomic E-state index is 0.0116. The van der Waals surface area contributed by atoms with Crippen molar-refractivity contribution in [2.45, 2.75) is 64.1 Å². The van der Waals surface area contributed by atoms with Crippen LogP contribution in [0.2, 0.25) is 5.02 Å². The largest absolute Gasteiger partial charge is 0.497 e. The standard InChI is InChI=1S/C31H38ClN3O5S/c1-6-23(4)33-31(37)29(7-2)34(20-24-10-12-25(32)13-11-24)30(36)21-35(26-14-8-22(3)9-15-26)41(38,39)28-18-16-27(40-5)17-19-28/h8-19,23,29H,6-7,20-21H2,1-5H3,(H,33,37)/t23-,29-/m0/s1. The number of rotatable bonds is 13. The molecule has 41 heavy (non-hydrogen) atoms. The van der Waals surface area contributed by atoms with Crippen LogP contribution in [0, 0.1) is 6.92 Å². The van der Waals surface area contributed by atoms with Gasteiger partial charge in [0, 0.05) is 17.6 Å². The predicted octanol–water partition coefficient (Wildman–Crippen LogP) is 5.57. The molecule has 0 bridgehead atoms. The van der Waals surface area contributed by atoms with Gasteiger partial charge in [0.05, 0.1) is 17.7 Å². The van der Waals surface area contributed by atoms with Crippen LogP contribution in [0.1, 0.15) is 44.7 Å². The van der Waals surface area contributed by atoms with Crippen molar-refractivity contribution in [3.05, 3.63) is 88.9 Å². The van der Waals surface area contributed by atoms with Crippen LogP contribution in [0.25, 0.3) is 0 Å². The summed E-state index contributed by atoms with van der Waals surface area (Å²) in [6.45, 7) is 7.19. The highest BCUT2D eigenvalue weighted by Gasteiger charge is 2.34. The Morgan fingerprint density at radius 2 is 1.54 bits per heavy atom. The van der Waals surface area contributed by atoms with Crippen molar-refractivity contribution in [2.24, 2.45) is 0 Å². The summed E-state index contributed by atoms with van der Waals surface area (Å²) in [5.74, 6) is -0.290. The number of amides is 2. The first kappa shape index (κ1) is 32.0. The number of hydrogen-bond acceptors (Lipinski definition) is 5. The fraction of sp³-hybridized carbons (Fsp3) is 0.355. The van der Waals surface area contributed by atoms with Crippen LogP contribution in [0.4, 0.5) is 5.69 Å². The quantitative estimate of drug-likeness (QED) is 0.277. The SMILES string of the molecule is CC[C@H](C)NC(=O)[C@H](CC)N(Cc1ccc(Cl)cc1)C(=O)CN(c1ccc(C)cc1)S(=O)(=O)c1ccc(OC)cc1. The number of carbonyl (C=O) groups is 2.